The first-order chi connectivity index (χ1) is 13.2. The van der Waals surface area contributed by atoms with Crippen LogP contribution in [0.1, 0.15) is 36.8 Å². The summed E-state index contributed by atoms with van der Waals surface area (Å²) in [5.41, 5.74) is 2.35. The van der Waals surface area contributed by atoms with E-state index in [9.17, 15) is 4.79 Å². The van der Waals surface area contributed by atoms with Gasteiger partial charge in [0.15, 0.2) is 5.76 Å². The van der Waals surface area contributed by atoms with Gasteiger partial charge in [0, 0.05) is 17.8 Å². The van der Waals surface area contributed by atoms with Crippen LogP contribution in [0.3, 0.4) is 0 Å². The molecule has 1 saturated carbocycles. The first-order valence-corrected chi connectivity index (χ1v) is 9.58. The van der Waals surface area contributed by atoms with Gasteiger partial charge in [0.25, 0.3) is 0 Å². The van der Waals surface area contributed by atoms with Crippen LogP contribution in [0.4, 0.5) is 0 Å². The Kier molecular flexibility index (Phi) is 4.99. The molecule has 5 heteroatoms. The molecule has 4 nitrogen and oxygen atoms in total. The minimum Gasteiger partial charge on any atom is -0.463 e. The topological polar surface area (TPSA) is 55.1 Å². The van der Waals surface area contributed by atoms with Crippen molar-refractivity contribution in [1.82, 2.24) is 10.3 Å². The van der Waals surface area contributed by atoms with Gasteiger partial charge < -0.3 is 9.73 Å². The molecule has 0 unspecified atom stereocenters. The first kappa shape index (κ1) is 17.8. The van der Waals surface area contributed by atoms with Crippen LogP contribution in [-0.2, 0) is 16.8 Å². The van der Waals surface area contributed by atoms with Crippen LogP contribution >= 0.6 is 11.6 Å². The second-order valence-corrected chi connectivity index (χ2v) is 7.44. The lowest BCUT2D eigenvalue weighted by molar-refractivity contribution is -0.126. The summed E-state index contributed by atoms with van der Waals surface area (Å²) < 4.78 is 5.40. The molecule has 1 N–H and O–H groups in total. The molecule has 1 aliphatic carbocycles. The zero-order chi connectivity index (χ0) is 18.7. The molecule has 27 heavy (non-hydrogen) atoms. The van der Waals surface area contributed by atoms with Crippen molar-refractivity contribution in [2.45, 2.75) is 37.6 Å². The Morgan fingerprint density at radius 3 is 2.63 bits per heavy atom. The standard InChI is InChI=1S/C22H21ClN2O2/c23-18-7-5-17(6-8-18)22(10-1-2-11-22)21(26)25-15-16-9-12-24-19(14-16)20-4-3-13-27-20/h3-9,12-14H,1-2,10-11,15H2,(H,25,26). The molecule has 0 radical (unpaired) electrons. The maximum atomic E-state index is 13.2. The monoisotopic (exact) mass is 380 g/mol. The van der Waals surface area contributed by atoms with Crippen molar-refractivity contribution in [2.75, 3.05) is 0 Å². The van der Waals surface area contributed by atoms with Crippen molar-refractivity contribution in [1.29, 1.82) is 0 Å². The molecule has 1 amide bonds. The number of benzene rings is 1. The molecular formula is C22H21ClN2O2. The molecular weight excluding hydrogens is 360 g/mol. The maximum absolute atomic E-state index is 13.2. The summed E-state index contributed by atoms with van der Waals surface area (Å²) in [5.74, 6) is 0.801. The normalized spacial score (nSPS) is 15.6. The molecule has 0 spiro atoms. The van der Waals surface area contributed by atoms with Gasteiger partial charge in [-0.25, -0.2) is 0 Å². The van der Waals surface area contributed by atoms with Crippen LogP contribution in [0.15, 0.2) is 65.4 Å². The van der Waals surface area contributed by atoms with Gasteiger partial charge in [-0.2, -0.15) is 0 Å². The van der Waals surface area contributed by atoms with Gasteiger partial charge in [-0.3, -0.25) is 9.78 Å². The zero-order valence-corrected chi connectivity index (χ0v) is 15.7. The van der Waals surface area contributed by atoms with Crippen LogP contribution < -0.4 is 5.32 Å². The van der Waals surface area contributed by atoms with E-state index < -0.39 is 5.41 Å². The van der Waals surface area contributed by atoms with E-state index >= 15 is 0 Å². The number of furan rings is 1. The van der Waals surface area contributed by atoms with Crippen LogP contribution in [0.5, 0.6) is 0 Å². The molecule has 2 aromatic heterocycles. The van der Waals surface area contributed by atoms with Gasteiger partial charge in [-0.1, -0.05) is 36.6 Å². The molecule has 2 heterocycles. The van der Waals surface area contributed by atoms with Crippen molar-refractivity contribution in [2.24, 2.45) is 0 Å². The van der Waals surface area contributed by atoms with E-state index in [0.29, 0.717) is 11.6 Å². The Morgan fingerprint density at radius 2 is 1.93 bits per heavy atom. The second-order valence-electron chi connectivity index (χ2n) is 7.01. The Balaban J connectivity index is 1.51. The molecule has 138 valence electrons. The molecule has 1 aromatic carbocycles. The average Bonchev–Trinajstić information content (AvgIpc) is 3.39. The highest BCUT2D eigenvalue weighted by Crippen LogP contribution is 2.41. The number of carbonyl (C=O) groups is 1. The summed E-state index contributed by atoms with van der Waals surface area (Å²) in [6.45, 7) is 0.463. The third-order valence-corrected chi connectivity index (χ3v) is 5.59. The van der Waals surface area contributed by atoms with E-state index in [-0.39, 0.29) is 5.91 Å². The molecule has 1 aliphatic rings. The molecule has 0 aliphatic heterocycles. The fourth-order valence-corrected chi connectivity index (χ4v) is 4.02. The summed E-state index contributed by atoms with van der Waals surface area (Å²) >= 11 is 6.03. The molecule has 1 fully saturated rings. The minimum atomic E-state index is -0.457. The zero-order valence-electron chi connectivity index (χ0n) is 15.0. The summed E-state index contributed by atoms with van der Waals surface area (Å²) in [6.07, 6.45) is 7.23. The number of nitrogens with one attached hydrogen (secondary N) is 1. The summed E-state index contributed by atoms with van der Waals surface area (Å²) in [6, 6.07) is 15.3. The fraction of sp³-hybridized carbons (Fsp3) is 0.273. The quantitative estimate of drug-likeness (QED) is 0.668. The predicted molar refractivity (Wildman–Crippen MR) is 105 cm³/mol. The van der Waals surface area contributed by atoms with Crippen LogP contribution in [0, 0.1) is 0 Å². The highest BCUT2D eigenvalue weighted by Gasteiger charge is 2.42. The molecule has 0 atom stereocenters. The van der Waals surface area contributed by atoms with Crippen LogP contribution in [0.25, 0.3) is 11.5 Å². The Labute approximate surface area is 163 Å². The summed E-state index contributed by atoms with van der Waals surface area (Å²) in [4.78, 5) is 17.5. The van der Waals surface area contributed by atoms with E-state index in [1.54, 1.807) is 12.5 Å². The Hall–Kier alpha value is -2.59. The van der Waals surface area contributed by atoms with Crippen molar-refractivity contribution >= 4 is 17.5 Å². The number of carbonyl (C=O) groups excluding carboxylic acids is 1. The largest absolute Gasteiger partial charge is 0.463 e. The van der Waals surface area contributed by atoms with Gasteiger partial charge in [-0.05, 0) is 60.4 Å². The summed E-state index contributed by atoms with van der Waals surface area (Å²) in [7, 11) is 0. The number of halogens is 1. The minimum absolute atomic E-state index is 0.0821. The fourth-order valence-electron chi connectivity index (χ4n) is 3.89. The lowest BCUT2D eigenvalue weighted by Gasteiger charge is -2.28. The van der Waals surface area contributed by atoms with Crippen molar-refractivity contribution in [3.63, 3.8) is 0 Å². The number of aromatic nitrogens is 1. The lowest BCUT2D eigenvalue weighted by Crippen LogP contribution is -2.42. The van der Waals surface area contributed by atoms with E-state index in [0.717, 1.165) is 48.3 Å². The third kappa shape index (κ3) is 3.62. The number of rotatable bonds is 5. The smallest absolute Gasteiger partial charge is 0.230 e. The Morgan fingerprint density at radius 1 is 1.15 bits per heavy atom. The van der Waals surface area contributed by atoms with E-state index in [4.69, 9.17) is 16.0 Å². The average molecular weight is 381 g/mol. The highest BCUT2D eigenvalue weighted by atomic mass is 35.5. The number of hydrogen-bond acceptors (Lipinski definition) is 3. The maximum Gasteiger partial charge on any atom is 0.230 e. The van der Waals surface area contributed by atoms with Gasteiger partial charge in [0.2, 0.25) is 5.91 Å². The van der Waals surface area contributed by atoms with Gasteiger partial charge in [0.05, 0.1) is 11.7 Å². The number of pyridine rings is 1. The number of nitrogens with zero attached hydrogens (tertiary/aromatic N) is 1. The van der Waals surface area contributed by atoms with E-state index in [1.807, 2.05) is 48.5 Å². The van der Waals surface area contributed by atoms with Crippen LogP contribution in [-0.4, -0.2) is 10.9 Å². The molecule has 4 rings (SSSR count). The van der Waals surface area contributed by atoms with E-state index in [1.165, 1.54) is 0 Å². The second kappa shape index (κ2) is 7.57. The van der Waals surface area contributed by atoms with Crippen molar-refractivity contribution in [3.05, 3.63) is 77.1 Å². The molecule has 0 bridgehead atoms. The predicted octanol–water partition coefficient (Wildman–Crippen LogP) is 5.12. The SMILES string of the molecule is O=C(NCc1ccnc(-c2ccco2)c1)C1(c2ccc(Cl)cc2)CCCC1. The third-order valence-electron chi connectivity index (χ3n) is 5.34. The first-order valence-electron chi connectivity index (χ1n) is 9.21. The lowest BCUT2D eigenvalue weighted by atomic mass is 9.78. The van der Waals surface area contributed by atoms with Crippen LogP contribution in [0.2, 0.25) is 5.02 Å². The van der Waals surface area contributed by atoms with Crippen molar-refractivity contribution in [3.8, 4) is 11.5 Å². The number of amides is 1. The number of hydrogen-bond donors (Lipinski definition) is 1. The van der Waals surface area contributed by atoms with Gasteiger partial charge >= 0.3 is 0 Å². The van der Waals surface area contributed by atoms with Gasteiger partial charge in [-0.15, -0.1) is 0 Å². The Bertz CT molecular complexity index is 914. The van der Waals surface area contributed by atoms with E-state index in [2.05, 4.69) is 10.3 Å². The molecule has 3 aromatic rings. The highest BCUT2D eigenvalue weighted by molar-refractivity contribution is 6.30. The molecule has 0 saturated heterocycles. The van der Waals surface area contributed by atoms with Gasteiger partial charge in [0.1, 0.15) is 5.69 Å². The van der Waals surface area contributed by atoms with Crippen molar-refractivity contribution < 1.29 is 9.21 Å². The summed E-state index contributed by atoms with van der Waals surface area (Å²) in [5, 5.41) is 3.83.